The number of hydrogen-bond donors (Lipinski definition) is 1. The molecule has 1 heterocycles. The smallest absolute Gasteiger partial charge is 0.173 e. The van der Waals surface area contributed by atoms with Crippen molar-refractivity contribution < 1.29 is 13.2 Å². The van der Waals surface area contributed by atoms with Crippen LogP contribution in [0.5, 0.6) is 0 Å². The molecule has 0 saturated heterocycles. The molecule has 74 valence electrons. The van der Waals surface area contributed by atoms with Crippen molar-refractivity contribution in [2.45, 2.75) is 13.5 Å². The van der Waals surface area contributed by atoms with Crippen molar-refractivity contribution in [3.8, 4) is 0 Å². The van der Waals surface area contributed by atoms with Gasteiger partial charge in [0.15, 0.2) is 11.4 Å². The van der Waals surface area contributed by atoms with E-state index in [1.807, 2.05) is 0 Å². The van der Waals surface area contributed by atoms with Crippen molar-refractivity contribution in [2.24, 2.45) is 5.73 Å². The zero-order chi connectivity index (χ0) is 10.3. The van der Waals surface area contributed by atoms with Crippen molar-refractivity contribution in [3.63, 3.8) is 0 Å². The first-order valence-corrected chi connectivity index (χ1v) is 4.21. The summed E-state index contributed by atoms with van der Waals surface area (Å²) in [7, 11) is 0. The van der Waals surface area contributed by atoms with Gasteiger partial charge in [0.1, 0.15) is 11.6 Å². The summed E-state index contributed by atoms with van der Waals surface area (Å²) >= 11 is 0. The Balaban J connectivity index is 2.90. The first-order valence-electron chi connectivity index (χ1n) is 4.21. The Morgan fingerprint density at radius 1 is 1.29 bits per heavy atom. The third kappa shape index (κ3) is 1.11. The average Bonchev–Trinajstić information content (AvgIpc) is 2.51. The standard InChI is InChI=1S/C10H9F2NO/c1-5-8(4-13)14-10-7(12)3-2-6(11)9(5)10/h2-3H,4,13H2,1H3. The molecule has 0 radical (unpaired) electrons. The second kappa shape index (κ2) is 3.06. The lowest BCUT2D eigenvalue weighted by Crippen LogP contribution is -1.95. The molecule has 2 aromatic rings. The maximum atomic E-state index is 13.3. The molecule has 0 spiro atoms. The summed E-state index contributed by atoms with van der Waals surface area (Å²) < 4.78 is 31.6. The van der Waals surface area contributed by atoms with E-state index < -0.39 is 11.6 Å². The molecule has 0 unspecified atom stereocenters. The van der Waals surface area contributed by atoms with Crippen LogP contribution in [0.1, 0.15) is 11.3 Å². The normalized spacial score (nSPS) is 11.1. The molecule has 0 aliphatic heterocycles. The molecule has 0 saturated carbocycles. The number of benzene rings is 1. The van der Waals surface area contributed by atoms with Gasteiger partial charge in [-0.05, 0) is 19.1 Å². The molecule has 2 nitrogen and oxygen atoms in total. The molecule has 0 bridgehead atoms. The molecule has 4 heteroatoms. The van der Waals surface area contributed by atoms with E-state index >= 15 is 0 Å². The minimum absolute atomic E-state index is 0.0528. The second-order valence-corrected chi connectivity index (χ2v) is 3.09. The SMILES string of the molecule is Cc1c(CN)oc2c(F)ccc(F)c12. The Morgan fingerprint density at radius 3 is 2.50 bits per heavy atom. The molecule has 14 heavy (non-hydrogen) atoms. The van der Waals surface area contributed by atoms with Crippen LogP contribution >= 0.6 is 0 Å². The van der Waals surface area contributed by atoms with Gasteiger partial charge in [-0.1, -0.05) is 0 Å². The third-order valence-corrected chi connectivity index (χ3v) is 2.26. The maximum Gasteiger partial charge on any atom is 0.173 e. The van der Waals surface area contributed by atoms with Gasteiger partial charge < -0.3 is 10.2 Å². The molecule has 0 atom stereocenters. The van der Waals surface area contributed by atoms with E-state index in [4.69, 9.17) is 10.2 Å². The van der Waals surface area contributed by atoms with E-state index in [9.17, 15) is 8.78 Å². The van der Waals surface area contributed by atoms with Crippen LogP contribution in [0.3, 0.4) is 0 Å². The van der Waals surface area contributed by atoms with Gasteiger partial charge in [0.05, 0.1) is 11.9 Å². The van der Waals surface area contributed by atoms with Gasteiger partial charge >= 0.3 is 0 Å². The third-order valence-electron chi connectivity index (χ3n) is 2.26. The molecule has 0 amide bonds. The fourth-order valence-corrected chi connectivity index (χ4v) is 1.52. The number of fused-ring (bicyclic) bond motifs is 1. The van der Waals surface area contributed by atoms with Crippen LogP contribution in [0.25, 0.3) is 11.0 Å². The van der Waals surface area contributed by atoms with Crippen molar-refractivity contribution >= 4 is 11.0 Å². The Hall–Kier alpha value is -1.42. The van der Waals surface area contributed by atoms with E-state index in [-0.39, 0.29) is 17.5 Å². The number of furan rings is 1. The molecule has 0 fully saturated rings. The highest BCUT2D eigenvalue weighted by Crippen LogP contribution is 2.29. The molecule has 1 aromatic heterocycles. The Kier molecular flexibility index (Phi) is 2.00. The highest BCUT2D eigenvalue weighted by molar-refractivity contribution is 5.83. The van der Waals surface area contributed by atoms with E-state index in [2.05, 4.69) is 0 Å². The summed E-state index contributed by atoms with van der Waals surface area (Å²) in [6, 6.07) is 2.13. The zero-order valence-corrected chi connectivity index (χ0v) is 7.60. The Bertz CT molecular complexity index is 490. The molecule has 2 N–H and O–H groups in total. The van der Waals surface area contributed by atoms with Gasteiger partial charge in [-0.2, -0.15) is 0 Å². The van der Waals surface area contributed by atoms with Crippen LogP contribution in [0, 0.1) is 18.6 Å². The van der Waals surface area contributed by atoms with Crippen LogP contribution in [-0.4, -0.2) is 0 Å². The molecule has 0 aliphatic rings. The summed E-state index contributed by atoms with van der Waals surface area (Å²) in [6.07, 6.45) is 0. The summed E-state index contributed by atoms with van der Waals surface area (Å²) in [5.74, 6) is -0.629. The predicted octanol–water partition coefficient (Wildman–Crippen LogP) is 2.48. The van der Waals surface area contributed by atoms with Crippen LogP contribution in [0.2, 0.25) is 0 Å². The molecule has 0 aliphatic carbocycles. The minimum Gasteiger partial charge on any atom is -0.456 e. The summed E-state index contributed by atoms with van der Waals surface area (Å²) in [5, 5.41) is 0.186. The van der Waals surface area contributed by atoms with Crippen molar-refractivity contribution in [1.82, 2.24) is 0 Å². The maximum absolute atomic E-state index is 13.3. The Morgan fingerprint density at radius 2 is 1.93 bits per heavy atom. The highest BCUT2D eigenvalue weighted by Gasteiger charge is 2.16. The molecular weight excluding hydrogens is 188 g/mol. The lowest BCUT2D eigenvalue weighted by molar-refractivity contribution is 0.517. The quantitative estimate of drug-likeness (QED) is 0.762. The fraction of sp³-hybridized carbons (Fsp3) is 0.200. The van der Waals surface area contributed by atoms with Gasteiger partial charge in [-0.3, -0.25) is 0 Å². The molecule has 2 rings (SSSR count). The number of hydrogen-bond acceptors (Lipinski definition) is 2. The number of aryl methyl sites for hydroxylation is 1. The largest absolute Gasteiger partial charge is 0.456 e. The Labute approximate surface area is 79.3 Å². The summed E-state index contributed by atoms with van der Waals surface area (Å²) in [6.45, 7) is 1.80. The summed E-state index contributed by atoms with van der Waals surface area (Å²) in [5.41, 5.74) is 5.89. The number of nitrogens with two attached hydrogens (primary N) is 1. The lowest BCUT2D eigenvalue weighted by atomic mass is 10.1. The van der Waals surface area contributed by atoms with Crippen LogP contribution < -0.4 is 5.73 Å². The summed E-state index contributed by atoms with van der Waals surface area (Å²) in [4.78, 5) is 0. The minimum atomic E-state index is -0.566. The van der Waals surface area contributed by atoms with Gasteiger partial charge in [0.25, 0.3) is 0 Å². The predicted molar refractivity (Wildman–Crippen MR) is 48.8 cm³/mol. The van der Waals surface area contributed by atoms with E-state index in [1.54, 1.807) is 6.92 Å². The number of halogens is 2. The van der Waals surface area contributed by atoms with E-state index in [0.717, 1.165) is 12.1 Å². The zero-order valence-electron chi connectivity index (χ0n) is 7.60. The van der Waals surface area contributed by atoms with Crippen molar-refractivity contribution in [2.75, 3.05) is 0 Å². The van der Waals surface area contributed by atoms with E-state index in [1.165, 1.54) is 0 Å². The lowest BCUT2D eigenvalue weighted by Gasteiger charge is -1.93. The van der Waals surface area contributed by atoms with Crippen molar-refractivity contribution in [3.05, 3.63) is 35.1 Å². The average molecular weight is 197 g/mol. The van der Waals surface area contributed by atoms with E-state index in [0.29, 0.717) is 11.3 Å². The first kappa shape index (κ1) is 9.15. The van der Waals surface area contributed by atoms with Crippen LogP contribution in [0.15, 0.2) is 16.5 Å². The molecular formula is C10H9F2NO. The van der Waals surface area contributed by atoms with Crippen LogP contribution in [0.4, 0.5) is 8.78 Å². The fourth-order valence-electron chi connectivity index (χ4n) is 1.52. The van der Waals surface area contributed by atoms with Crippen molar-refractivity contribution in [1.29, 1.82) is 0 Å². The highest BCUT2D eigenvalue weighted by atomic mass is 19.1. The monoisotopic (exact) mass is 197 g/mol. The molecule has 1 aromatic carbocycles. The van der Waals surface area contributed by atoms with Gasteiger partial charge in [-0.25, -0.2) is 8.78 Å². The van der Waals surface area contributed by atoms with Gasteiger partial charge in [-0.15, -0.1) is 0 Å². The van der Waals surface area contributed by atoms with Gasteiger partial charge in [0, 0.05) is 5.56 Å². The van der Waals surface area contributed by atoms with Crippen LogP contribution in [-0.2, 0) is 6.54 Å². The first-order chi connectivity index (χ1) is 6.65. The number of rotatable bonds is 1. The van der Waals surface area contributed by atoms with Gasteiger partial charge in [0.2, 0.25) is 0 Å². The topological polar surface area (TPSA) is 39.2 Å². The second-order valence-electron chi connectivity index (χ2n) is 3.09.